The molecule has 0 aliphatic heterocycles. The van der Waals surface area contributed by atoms with E-state index in [-0.39, 0.29) is 0 Å². The molecular formula is C23H24BrN6O3Re. The summed E-state index contributed by atoms with van der Waals surface area (Å²) in [6, 6.07) is 8.20. The minimum absolute atomic E-state index is 0.738. The summed E-state index contributed by atoms with van der Waals surface area (Å²) < 4.78 is 26.5. The van der Waals surface area contributed by atoms with Crippen LogP contribution in [0, 0.1) is 20.0 Å². The number of imidazole rings is 1. The number of rotatable bonds is 7. The van der Waals surface area contributed by atoms with Crippen molar-refractivity contribution in [1.82, 2.24) is 29.4 Å². The molecule has 11 heteroatoms. The summed E-state index contributed by atoms with van der Waals surface area (Å²) in [6.45, 7) is 17.9. The van der Waals surface area contributed by atoms with Crippen LogP contribution in [0.4, 0.5) is 0 Å². The van der Waals surface area contributed by atoms with E-state index in [1.165, 1.54) is 22.9 Å². The summed E-state index contributed by atoms with van der Waals surface area (Å²) in [5.74, 6) is 0.738. The Morgan fingerprint density at radius 3 is 2.21 bits per heavy atom. The molecule has 34 heavy (non-hydrogen) atoms. The molecule has 0 fully saturated rings. The van der Waals surface area contributed by atoms with Crippen LogP contribution in [0.25, 0.3) is 22.5 Å². The van der Waals surface area contributed by atoms with E-state index in [0.717, 1.165) is 66.7 Å². The third-order valence-electron chi connectivity index (χ3n) is 4.71. The summed E-state index contributed by atoms with van der Waals surface area (Å²) in [4.78, 5) is 9.52. The van der Waals surface area contributed by atoms with E-state index in [1.54, 1.807) is 4.68 Å². The van der Waals surface area contributed by atoms with Gasteiger partial charge in [-0.3, -0.25) is 4.40 Å². The zero-order valence-electron chi connectivity index (χ0n) is 18.9. The van der Waals surface area contributed by atoms with Gasteiger partial charge in [0.15, 0.2) is 11.5 Å². The SMILES string of the molecule is CCCCc1cn(-c2nc3ccccc3n3c(CCCC)cnc23)nn1.[Br][Re].[C-]#[O+].[C-]#[O+].[C-]#[O+]. The number of hydrogen-bond donors (Lipinski definition) is 0. The number of halogens is 1. The van der Waals surface area contributed by atoms with Crippen LogP contribution in [0.2, 0.25) is 0 Å². The van der Waals surface area contributed by atoms with E-state index >= 15 is 0 Å². The molecule has 0 aliphatic rings. The van der Waals surface area contributed by atoms with Crippen molar-refractivity contribution < 1.29 is 31.1 Å². The second-order valence-electron chi connectivity index (χ2n) is 6.69. The van der Waals surface area contributed by atoms with Crippen molar-refractivity contribution in [3.8, 4) is 5.82 Å². The molecule has 4 aromatic rings. The van der Waals surface area contributed by atoms with Gasteiger partial charge in [-0.15, -0.1) is 5.10 Å². The van der Waals surface area contributed by atoms with Crippen LogP contribution in [0.5, 0.6) is 0 Å². The number of aryl methyl sites for hydroxylation is 2. The van der Waals surface area contributed by atoms with Gasteiger partial charge in [-0.05, 0) is 37.8 Å². The van der Waals surface area contributed by atoms with Gasteiger partial charge in [0.05, 0.1) is 22.9 Å². The zero-order chi connectivity index (χ0) is 25.9. The number of unbranched alkanes of at least 4 members (excludes halogenated alkanes) is 2. The Morgan fingerprint density at radius 2 is 1.56 bits per heavy atom. The topological polar surface area (TPSA) is 121 Å². The predicted molar refractivity (Wildman–Crippen MR) is 123 cm³/mol. The van der Waals surface area contributed by atoms with Gasteiger partial charge in [0, 0.05) is 11.9 Å². The average molecular weight is 699 g/mol. The molecule has 0 radical (unpaired) electrons. The number of benzene rings is 1. The third-order valence-corrected chi connectivity index (χ3v) is 4.71. The van der Waals surface area contributed by atoms with E-state index in [0.29, 0.717) is 0 Å². The van der Waals surface area contributed by atoms with Crippen LogP contribution in [0.3, 0.4) is 0 Å². The molecule has 3 heterocycles. The van der Waals surface area contributed by atoms with Crippen LogP contribution < -0.4 is 0 Å². The molecule has 0 saturated carbocycles. The van der Waals surface area contributed by atoms with Gasteiger partial charge in [-0.2, -0.15) is 4.68 Å². The minimum atomic E-state index is 0.738. The first-order valence-electron chi connectivity index (χ1n) is 10.2. The van der Waals surface area contributed by atoms with E-state index in [2.05, 4.69) is 73.0 Å². The fourth-order valence-corrected chi connectivity index (χ4v) is 3.29. The summed E-state index contributed by atoms with van der Waals surface area (Å²) in [6.07, 6.45) is 10.5. The molecule has 1 aromatic carbocycles. The Morgan fingerprint density at radius 1 is 0.941 bits per heavy atom. The van der Waals surface area contributed by atoms with E-state index in [9.17, 15) is 0 Å². The summed E-state index contributed by atoms with van der Waals surface area (Å²) in [7, 11) is 0. The Labute approximate surface area is 216 Å². The van der Waals surface area contributed by atoms with Gasteiger partial charge in [-0.25, -0.2) is 9.97 Å². The Hall–Kier alpha value is -2.40. The van der Waals surface area contributed by atoms with Gasteiger partial charge in [0.2, 0.25) is 0 Å². The molecule has 3 aromatic heterocycles. The van der Waals surface area contributed by atoms with Crippen molar-refractivity contribution in [3.63, 3.8) is 0 Å². The molecule has 0 spiro atoms. The van der Waals surface area contributed by atoms with Crippen molar-refractivity contribution in [1.29, 1.82) is 0 Å². The summed E-state index contributed by atoms with van der Waals surface area (Å²) in [5, 5.41) is 8.63. The van der Waals surface area contributed by atoms with E-state index < -0.39 is 0 Å². The number of nitrogens with zero attached hydrogens (tertiary/aromatic N) is 6. The maximum absolute atomic E-state index is 7.50. The fraction of sp³-hybridized carbons (Fsp3) is 0.348. The average Bonchev–Trinajstić information content (AvgIpc) is 3.58. The molecule has 0 atom stereocenters. The number of hydrogen-bond acceptors (Lipinski definition) is 4. The maximum atomic E-state index is 7.50. The van der Waals surface area contributed by atoms with Crippen molar-refractivity contribution in [2.24, 2.45) is 0 Å². The van der Waals surface area contributed by atoms with Crippen molar-refractivity contribution >= 4 is 30.1 Å². The first-order valence-corrected chi connectivity index (χ1v) is 16.2. The standard InChI is InChI=1S/C20H24N6.3CO.BrH.Re/c1-3-5-9-15-14-25(24-23-15)20-19-21-13-16(10-6-4-2)26(19)18-12-8-7-11-17(18)22-20;3*1-2;;/h7-8,11-14H,3-6,9-10H2,1-2H3;;;;1H;/q;;;;;+1/p-1. The van der Waals surface area contributed by atoms with E-state index in [1.807, 2.05) is 30.6 Å². The molecule has 0 saturated heterocycles. The number of para-hydroxylation sites is 2. The Kier molecular flexibility index (Phi) is 17.6. The van der Waals surface area contributed by atoms with Crippen LogP contribution >= 0.6 is 13.4 Å². The van der Waals surface area contributed by atoms with Crippen molar-refractivity contribution in [3.05, 3.63) is 68.0 Å². The van der Waals surface area contributed by atoms with Gasteiger partial charge in [-0.1, -0.05) is 44.0 Å². The van der Waals surface area contributed by atoms with Gasteiger partial charge >= 0.3 is 64.5 Å². The van der Waals surface area contributed by atoms with Crippen molar-refractivity contribution in [2.75, 3.05) is 0 Å². The van der Waals surface area contributed by atoms with Gasteiger partial charge in [0.1, 0.15) is 0 Å². The van der Waals surface area contributed by atoms with E-state index in [4.69, 9.17) is 18.9 Å². The third kappa shape index (κ3) is 8.12. The van der Waals surface area contributed by atoms with Gasteiger partial charge < -0.3 is 0 Å². The van der Waals surface area contributed by atoms with Crippen molar-refractivity contribution in [2.45, 2.75) is 52.4 Å². The van der Waals surface area contributed by atoms with Crippen LogP contribution in [-0.2, 0) is 44.0 Å². The zero-order valence-corrected chi connectivity index (χ0v) is 23.2. The Bertz CT molecular complexity index is 1170. The molecule has 0 aliphatic carbocycles. The van der Waals surface area contributed by atoms with Gasteiger partial charge in [0.25, 0.3) is 0 Å². The molecule has 9 nitrogen and oxygen atoms in total. The molecule has 0 bridgehead atoms. The fourth-order valence-electron chi connectivity index (χ4n) is 3.29. The van der Waals surface area contributed by atoms with Crippen LogP contribution in [0.15, 0.2) is 36.7 Å². The predicted octanol–water partition coefficient (Wildman–Crippen LogP) is 4.88. The second kappa shape index (κ2) is 19.0. The second-order valence-corrected chi connectivity index (χ2v) is 6.69. The summed E-state index contributed by atoms with van der Waals surface area (Å²) >= 11 is 4.53. The molecule has 178 valence electrons. The first-order chi connectivity index (χ1) is 16.8. The quantitative estimate of drug-likeness (QED) is 0.202. The Balaban J connectivity index is 0.00000124. The van der Waals surface area contributed by atoms with Crippen LogP contribution in [-0.4, -0.2) is 29.4 Å². The summed E-state index contributed by atoms with van der Waals surface area (Å²) in [5.41, 5.74) is 5.07. The molecule has 0 amide bonds. The van der Waals surface area contributed by atoms with Crippen LogP contribution in [0.1, 0.15) is 50.9 Å². The normalized spacial score (nSPS) is 9.24. The molecule has 4 rings (SSSR count). The molecular weight excluding hydrogens is 674 g/mol. The monoisotopic (exact) mass is 698 g/mol. The first kappa shape index (κ1) is 31.6. The number of fused-ring (bicyclic) bond motifs is 3. The number of aromatic nitrogens is 6. The molecule has 0 unspecified atom stereocenters. The molecule has 0 N–H and O–H groups in total.